The minimum absolute atomic E-state index is 0.539. The summed E-state index contributed by atoms with van der Waals surface area (Å²) >= 11 is 0. The number of nitrogens with one attached hydrogen (secondary N) is 2. The van der Waals surface area contributed by atoms with Crippen LogP contribution in [-0.4, -0.2) is 33.7 Å². The first-order valence-corrected chi connectivity index (χ1v) is 10.6. The fourth-order valence-electron chi connectivity index (χ4n) is 4.47. The van der Waals surface area contributed by atoms with Gasteiger partial charge in [-0.15, -0.1) is 0 Å². The van der Waals surface area contributed by atoms with Gasteiger partial charge in [-0.25, -0.2) is 4.57 Å². The lowest BCUT2D eigenvalue weighted by atomic mass is 10.1. The number of aromatic nitrogens is 4. The van der Waals surface area contributed by atoms with E-state index in [-0.39, 0.29) is 0 Å². The van der Waals surface area contributed by atoms with E-state index in [0.29, 0.717) is 11.9 Å². The van der Waals surface area contributed by atoms with Crippen molar-refractivity contribution in [3.05, 3.63) is 54.0 Å². The van der Waals surface area contributed by atoms with Gasteiger partial charge in [0.05, 0.1) is 36.4 Å². The van der Waals surface area contributed by atoms with E-state index in [9.17, 15) is 0 Å². The molecule has 0 unspecified atom stereocenters. The molecule has 5 rings (SSSR count). The number of piperidine rings is 1. The van der Waals surface area contributed by atoms with Crippen molar-refractivity contribution in [1.29, 1.82) is 0 Å². The van der Waals surface area contributed by atoms with Gasteiger partial charge < -0.3 is 16.4 Å². The molecular formula is C23H28N7+. The largest absolute Gasteiger partial charge is 0.364 e. The molecule has 7 heteroatoms. The van der Waals surface area contributed by atoms with E-state index in [0.717, 1.165) is 65.7 Å². The van der Waals surface area contributed by atoms with Gasteiger partial charge in [-0.1, -0.05) is 27.8 Å². The van der Waals surface area contributed by atoms with E-state index in [4.69, 9.17) is 5.73 Å². The summed E-state index contributed by atoms with van der Waals surface area (Å²) in [4.78, 5) is 4.64. The highest BCUT2D eigenvalue weighted by atomic mass is 15.3. The van der Waals surface area contributed by atoms with Crippen LogP contribution in [0.5, 0.6) is 0 Å². The smallest absolute Gasteiger partial charge is 0.318 e. The van der Waals surface area contributed by atoms with Crippen LogP contribution in [0.4, 0.5) is 5.82 Å². The predicted octanol–water partition coefficient (Wildman–Crippen LogP) is 2.11. The van der Waals surface area contributed by atoms with Crippen molar-refractivity contribution in [2.45, 2.75) is 32.4 Å². The Kier molecular flexibility index (Phi) is 4.84. The van der Waals surface area contributed by atoms with Gasteiger partial charge in [0.15, 0.2) is 0 Å². The lowest BCUT2D eigenvalue weighted by Crippen LogP contribution is -2.44. The zero-order chi connectivity index (χ0) is 20.7. The van der Waals surface area contributed by atoms with Crippen LogP contribution in [0.3, 0.4) is 0 Å². The molecular weight excluding hydrogens is 374 g/mol. The van der Waals surface area contributed by atoms with Crippen molar-refractivity contribution in [2.24, 2.45) is 7.05 Å². The minimum Gasteiger partial charge on any atom is -0.364 e. The van der Waals surface area contributed by atoms with Crippen LogP contribution in [0.2, 0.25) is 0 Å². The Hall–Kier alpha value is -3.03. The van der Waals surface area contributed by atoms with Crippen LogP contribution in [0.1, 0.15) is 24.1 Å². The molecule has 0 bridgehead atoms. The summed E-state index contributed by atoms with van der Waals surface area (Å²) in [5.41, 5.74) is 12.8. The molecule has 0 aliphatic carbocycles. The van der Waals surface area contributed by atoms with Gasteiger partial charge in [-0.05, 0) is 45.0 Å². The lowest BCUT2D eigenvalue weighted by Gasteiger charge is -2.24. The van der Waals surface area contributed by atoms with E-state index in [1.54, 1.807) is 0 Å². The van der Waals surface area contributed by atoms with Crippen LogP contribution in [0.25, 0.3) is 27.7 Å². The maximum atomic E-state index is 6.51. The number of hydrogen-bond donors (Lipinski definition) is 3. The normalized spacial score (nSPS) is 15.3. The molecule has 154 valence electrons. The standard InChI is InChI=1S/C23H27N7/c1-15-21(14-26-18-7-9-25-10-8-18)29(2)23-19(13-28-30(23)22(15)24)17-11-16-5-3-4-6-20(16)27-12-17/h3-6,11-13,18,24-26H,7-10,14H2,1-2H3/p+1. The summed E-state index contributed by atoms with van der Waals surface area (Å²) < 4.78 is 4.06. The van der Waals surface area contributed by atoms with Gasteiger partial charge >= 0.3 is 5.65 Å². The zero-order valence-corrected chi connectivity index (χ0v) is 17.5. The third-order valence-corrected chi connectivity index (χ3v) is 6.31. The lowest BCUT2D eigenvalue weighted by molar-refractivity contribution is -0.656. The molecule has 4 N–H and O–H groups in total. The first-order chi connectivity index (χ1) is 14.6. The minimum atomic E-state index is 0.539. The molecule has 1 saturated heterocycles. The van der Waals surface area contributed by atoms with Crippen LogP contribution in [-0.2, 0) is 13.6 Å². The number of nitrogen functional groups attached to an aromatic ring is 1. The number of para-hydroxylation sites is 1. The number of fused-ring (bicyclic) bond motifs is 2. The predicted molar refractivity (Wildman–Crippen MR) is 119 cm³/mol. The van der Waals surface area contributed by atoms with Crippen molar-refractivity contribution >= 4 is 22.4 Å². The highest BCUT2D eigenvalue weighted by Crippen LogP contribution is 2.27. The Morgan fingerprint density at radius 3 is 2.87 bits per heavy atom. The zero-order valence-electron chi connectivity index (χ0n) is 17.5. The maximum absolute atomic E-state index is 6.51. The highest BCUT2D eigenvalue weighted by molar-refractivity contribution is 5.86. The Morgan fingerprint density at radius 1 is 1.23 bits per heavy atom. The molecule has 1 aromatic carbocycles. The third-order valence-electron chi connectivity index (χ3n) is 6.31. The fraction of sp³-hybridized carbons (Fsp3) is 0.348. The number of aryl methyl sites for hydroxylation is 1. The molecule has 0 atom stereocenters. The summed E-state index contributed by atoms with van der Waals surface area (Å²) in [5, 5.41) is 12.9. The molecule has 4 aromatic rings. The molecule has 1 aliphatic rings. The Balaban J connectivity index is 1.58. The van der Waals surface area contributed by atoms with E-state index >= 15 is 0 Å². The molecule has 0 spiro atoms. The highest BCUT2D eigenvalue weighted by Gasteiger charge is 2.26. The number of anilines is 1. The van der Waals surface area contributed by atoms with Crippen LogP contribution >= 0.6 is 0 Å². The molecule has 1 fully saturated rings. The quantitative estimate of drug-likeness (QED) is 0.455. The van der Waals surface area contributed by atoms with E-state index in [2.05, 4.69) is 51.4 Å². The summed E-state index contributed by atoms with van der Waals surface area (Å²) in [5.74, 6) is 0.685. The molecule has 0 radical (unpaired) electrons. The molecule has 7 nitrogen and oxygen atoms in total. The maximum Gasteiger partial charge on any atom is 0.318 e. The molecule has 30 heavy (non-hydrogen) atoms. The van der Waals surface area contributed by atoms with E-state index < -0.39 is 0 Å². The fourth-order valence-corrected chi connectivity index (χ4v) is 4.47. The van der Waals surface area contributed by atoms with E-state index in [1.807, 2.05) is 35.1 Å². The summed E-state index contributed by atoms with van der Waals surface area (Å²) in [6, 6.07) is 10.9. The second-order valence-electron chi connectivity index (χ2n) is 8.13. The van der Waals surface area contributed by atoms with Gasteiger partial charge in [0.2, 0.25) is 5.82 Å². The molecule has 4 heterocycles. The number of nitrogens with zero attached hydrogens (tertiary/aromatic N) is 4. The summed E-state index contributed by atoms with van der Waals surface area (Å²) in [6.07, 6.45) is 6.12. The van der Waals surface area contributed by atoms with Gasteiger partial charge in [-0.3, -0.25) is 4.98 Å². The number of nitrogens with two attached hydrogens (primary N) is 1. The second kappa shape index (κ2) is 7.66. The van der Waals surface area contributed by atoms with Gasteiger partial charge in [0, 0.05) is 23.2 Å². The first-order valence-electron chi connectivity index (χ1n) is 10.6. The van der Waals surface area contributed by atoms with Crippen LogP contribution < -0.4 is 20.9 Å². The monoisotopic (exact) mass is 402 g/mol. The van der Waals surface area contributed by atoms with Crippen LogP contribution in [0, 0.1) is 6.92 Å². The third kappa shape index (κ3) is 3.20. The second-order valence-corrected chi connectivity index (χ2v) is 8.13. The SMILES string of the molecule is Cc1c(N)n2ncc(-c3cnc4ccccc4c3)c2[n+](C)c1CNC1CCNCC1. The van der Waals surface area contributed by atoms with Crippen molar-refractivity contribution in [1.82, 2.24) is 25.2 Å². The topological polar surface area (TPSA) is 84.2 Å². The number of benzene rings is 1. The summed E-state index contributed by atoms with van der Waals surface area (Å²) in [6.45, 7) is 5.01. The molecule has 1 aliphatic heterocycles. The number of pyridine rings is 1. The average Bonchev–Trinajstić information content (AvgIpc) is 3.23. The Morgan fingerprint density at radius 2 is 2.03 bits per heavy atom. The first kappa shape index (κ1) is 19.0. The van der Waals surface area contributed by atoms with Gasteiger partial charge in [-0.2, -0.15) is 0 Å². The summed E-state index contributed by atoms with van der Waals surface area (Å²) in [7, 11) is 2.10. The molecule has 3 aromatic heterocycles. The van der Waals surface area contributed by atoms with Crippen molar-refractivity contribution in [3.63, 3.8) is 0 Å². The number of hydrogen-bond acceptors (Lipinski definition) is 5. The van der Waals surface area contributed by atoms with Crippen molar-refractivity contribution in [2.75, 3.05) is 18.8 Å². The van der Waals surface area contributed by atoms with Crippen molar-refractivity contribution in [3.8, 4) is 11.1 Å². The Bertz CT molecular complexity index is 1220. The number of rotatable bonds is 4. The average molecular weight is 403 g/mol. The molecule has 0 amide bonds. The van der Waals surface area contributed by atoms with Gasteiger partial charge in [0.25, 0.3) is 0 Å². The molecule has 0 saturated carbocycles. The Labute approximate surface area is 175 Å². The van der Waals surface area contributed by atoms with Crippen molar-refractivity contribution < 1.29 is 4.57 Å². The van der Waals surface area contributed by atoms with Gasteiger partial charge in [0.1, 0.15) is 5.69 Å². The van der Waals surface area contributed by atoms with Crippen LogP contribution in [0.15, 0.2) is 42.7 Å². The van der Waals surface area contributed by atoms with E-state index in [1.165, 1.54) is 5.69 Å².